The second-order valence-corrected chi connectivity index (χ2v) is 3.37. The van der Waals surface area contributed by atoms with Gasteiger partial charge >= 0.3 is 0 Å². The number of carbonyl (C=O) groups is 1. The second-order valence-electron chi connectivity index (χ2n) is 3.37. The number of aryl methyl sites for hydroxylation is 2. The summed E-state index contributed by atoms with van der Waals surface area (Å²) in [5.41, 5.74) is 4.29. The quantitative estimate of drug-likeness (QED) is 0.439. The van der Waals surface area contributed by atoms with Crippen LogP contribution in [0.15, 0.2) is 18.2 Å². The highest BCUT2D eigenvalue weighted by molar-refractivity contribution is 5.75. The normalized spacial score (nSPS) is 9.80. The monoisotopic (exact) mass is 208 g/mol. The molecule has 0 aliphatic carbocycles. The Bertz CT molecular complexity index is 350. The standard InChI is InChI=1S/C11H16N2O2/c1-8-7-9(3-5-10(8)15-2)4-6-11(14)13-12/h3,5,7H,4,6,12H2,1-2H3,(H,13,14). The van der Waals surface area contributed by atoms with E-state index < -0.39 is 0 Å². The third-order valence-electron chi connectivity index (χ3n) is 2.26. The Morgan fingerprint density at radius 2 is 2.27 bits per heavy atom. The summed E-state index contributed by atoms with van der Waals surface area (Å²) < 4.78 is 5.15. The van der Waals surface area contributed by atoms with E-state index in [0.29, 0.717) is 12.8 Å². The molecule has 0 aliphatic heterocycles. The van der Waals surface area contributed by atoms with Gasteiger partial charge in [0, 0.05) is 6.42 Å². The van der Waals surface area contributed by atoms with Gasteiger partial charge in [0.05, 0.1) is 7.11 Å². The van der Waals surface area contributed by atoms with Crippen LogP contribution in [-0.2, 0) is 11.2 Å². The topological polar surface area (TPSA) is 64.3 Å². The number of hydrogen-bond acceptors (Lipinski definition) is 3. The first kappa shape index (κ1) is 11.5. The zero-order valence-corrected chi connectivity index (χ0v) is 9.04. The molecule has 0 unspecified atom stereocenters. The highest BCUT2D eigenvalue weighted by Gasteiger charge is 2.02. The summed E-state index contributed by atoms with van der Waals surface area (Å²) in [6, 6.07) is 5.88. The first-order valence-corrected chi connectivity index (χ1v) is 4.80. The fourth-order valence-electron chi connectivity index (χ4n) is 1.43. The van der Waals surface area contributed by atoms with Gasteiger partial charge in [-0.2, -0.15) is 0 Å². The van der Waals surface area contributed by atoms with Gasteiger partial charge in [0.25, 0.3) is 0 Å². The van der Waals surface area contributed by atoms with E-state index in [1.807, 2.05) is 25.1 Å². The fraction of sp³-hybridized carbons (Fsp3) is 0.364. The first-order chi connectivity index (χ1) is 7.17. The predicted molar refractivity (Wildman–Crippen MR) is 58.4 cm³/mol. The smallest absolute Gasteiger partial charge is 0.234 e. The summed E-state index contributed by atoms with van der Waals surface area (Å²) in [7, 11) is 1.64. The van der Waals surface area contributed by atoms with E-state index in [1.165, 1.54) is 0 Å². The van der Waals surface area contributed by atoms with Crippen molar-refractivity contribution in [2.75, 3.05) is 7.11 Å². The Labute approximate surface area is 89.4 Å². The largest absolute Gasteiger partial charge is 0.496 e. The fourth-order valence-corrected chi connectivity index (χ4v) is 1.43. The van der Waals surface area contributed by atoms with Gasteiger partial charge in [-0.15, -0.1) is 0 Å². The lowest BCUT2D eigenvalue weighted by atomic mass is 10.1. The van der Waals surface area contributed by atoms with E-state index in [0.717, 1.165) is 16.9 Å². The summed E-state index contributed by atoms with van der Waals surface area (Å²) in [4.78, 5) is 10.9. The number of nitrogens with two attached hydrogens (primary N) is 1. The average Bonchev–Trinajstić information content (AvgIpc) is 2.26. The van der Waals surface area contributed by atoms with E-state index in [1.54, 1.807) is 7.11 Å². The molecule has 0 radical (unpaired) electrons. The minimum Gasteiger partial charge on any atom is -0.496 e. The molecule has 0 saturated heterocycles. The molecule has 0 atom stereocenters. The maximum Gasteiger partial charge on any atom is 0.234 e. The molecule has 1 aromatic rings. The highest BCUT2D eigenvalue weighted by Crippen LogP contribution is 2.19. The molecule has 3 N–H and O–H groups in total. The Balaban J connectivity index is 2.63. The van der Waals surface area contributed by atoms with Crippen LogP contribution in [0.2, 0.25) is 0 Å². The molecule has 0 bridgehead atoms. The number of methoxy groups -OCH3 is 1. The maximum absolute atomic E-state index is 10.9. The Morgan fingerprint density at radius 1 is 1.53 bits per heavy atom. The number of carbonyl (C=O) groups excluding carboxylic acids is 1. The van der Waals surface area contributed by atoms with E-state index in [-0.39, 0.29) is 5.91 Å². The third kappa shape index (κ3) is 3.25. The summed E-state index contributed by atoms with van der Waals surface area (Å²) >= 11 is 0. The van der Waals surface area contributed by atoms with Gasteiger partial charge in [-0.25, -0.2) is 5.84 Å². The van der Waals surface area contributed by atoms with Gasteiger partial charge in [-0.3, -0.25) is 10.2 Å². The molecule has 4 nitrogen and oxygen atoms in total. The predicted octanol–water partition coefficient (Wildman–Crippen LogP) is 0.926. The minimum atomic E-state index is -0.150. The molecule has 0 aliphatic rings. The van der Waals surface area contributed by atoms with Crippen molar-refractivity contribution in [2.45, 2.75) is 19.8 Å². The Kier molecular flexibility index (Phi) is 4.12. The van der Waals surface area contributed by atoms with Crippen molar-refractivity contribution >= 4 is 5.91 Å². The van der Waals surface area contributed by atoms with Crippen molar-refractivity contribution < 1.29 is 9.53 Å². The number of ether oxygens (including phenoxy) is 1. The van der Waals surface area contributed by atoms with E-state index in [2.05, 4.69) is 5.43 Å². The molecule has 0 saturated carbocycles. The van der Waals surface area contributed by atoms with Gasteiger partial charge in [-0.05, 0) is 30.5 Å². The number of benzene rings is 1. The molecule has 4 heteroatoms. The van der Waals surface area contributed by atoms with Crippen molar-refractivity contribution in [3.63, 3.8) is 0 Å². The number of amides is 1. The molecular formula is C11H16N2O2. The van der Waals surface area contributed by atoms with E-state index in [4.69, 9.17) is 10.6 Å². The molecule has 0 aromatic heterocycles. The molecule has 0 heterocycles. The first-order valence-electron chi connectivity index (χ1n) is 4.80. The number of nitrogens with one attached hydrogen (secondary N) is 1. The lowest BCUT2D eigenvalue weighted by molar-refractivity contribution is -0.121. The van der Waals surface area contributed by atoms with E-state index in [9.17, 15) is 4.79 Å². The van der Waals surface area contributed by atoms with Crippen LogP contribution in [0.4, 0.5) is 0 Å². The lowest BCUT2D eigenvalue weighted by Crippen LogP contribution is -2.30. The van der Waals surface area contributed by atoms with Gasteiger partial charge in [0.1, 0.15) is 5.75 Å². The van der Waals surface area contributed by atoms with Gasteiger partial charge in [0.15, 0.2) is 0 Å². The minimum absolute atomic E-state index is 0.150. The van der Waals surface area contributed by atoms with Crippen molar-refractivity contribution in [3.05, 3.63) is 29.3 Å². The molecule has 0 fully saturated rings. The van der Waals surface area contributed by atoms with Crippen molar-refractivity contribution in [1.29, 1.82) is 0 Å². The average molecular weight is 208 g/mol. The molecular weight excluding hydrogens is 192 g/mol. The van der Waals surface area contributed by atoms with Crippen molar-refractivity contribution in [2.24, 2.45) is 5.84 Å². The number of rotatable bonds is 4. The summed E-state index contributed by atoms with van der Waals surface area (Å²) in [5, 5.41) is 0. The zero-order chi connectivity index (χ0) is 11.3. The lowest BCUT2D eigenvalue weighted by Gasteiger charge is -2.06. The molecule has 82 valence electrons. The molecule has 1 amide bonds. The van der Waals surface area contributed by atoms with Crippen LogP contribution < -0.4 is 16.0 Å². The van der Waals surface area contributed by atoms with Gasteiger partial charge in [0.2, 0.25) is 5.91 Å². The molecule has 1 aromatic carbocycles. The van der Waals surface area contributed by atoms with Crippen molar-refractivity contribution in [1.82, 2.24) is 5.43 Å². The summed E-state index contributed by atoms with van der Waals surface area (Å²) in [6.45, 7) is 1.98. The van der Waals surface area contributed by atoms with Gasteiger partial charge in [-0.1, -0.05) is 12.1 Å². The van der Waals surface area contributed by atoms with Crippen LogP contribution in [0.3, 0.4) is 0 Å². The Hall–Kier alpha value is -1.55. The van der Waals surface area contributed by atoms with Crippen LogP contribution in [0.25, 0.3) is 0 Å². The number of hydrogen-bond donors (Lipinski definition) is 2. The maximum atomic E-state index is 10.9. The Morgan fingerprint density at radius 3 is 2.80 bits per heavy atom. The molecule has 1 rings (SSSR count). The van der Waals surface area contributed by atoms with E-state index >= 15 is 0 Å². The highest BCUT2D eigenvalue weighted by atomic mass is 16.5. The van der Waals surface area contributed by atoms with Crippen LogP contribution in [-0.4, -0.2) is 13.0 Å². The zero-order valence-electron chi connectivity index (χ0n) is 9.04. The second kappa shape index (κ2) is 5.36. The van der Waals surface area contributed by atoms with Crippen molar-refractivity contribution in [3.8, 4) is 5.75 Å². The SMILES string of the molecule is COc1ccc(CCC(=O)NN)cc1C. The third-order valence-corrected chi connectivity index (χ3v) is 2.26. The van der Waals surface area contributed by atoms with Crippen LogP contribution in [0.5, 0.6) is 5.75 Å². The summed E-state index contributed by atoms with van der Waals surface area (Å²) in [6.07, 6.45) is 1.09. The van der Waals surface area contributed by atoms with Crippen LogP contribution >= 0.6 is 0 Å². The van der Waals surface area contributed by atoms with Gasteiger partial charge < -0.3 is 4.74 Å². The molecule has 15 heavy (non-hydrogen) atoms. The van der Waals surface area contributed by atoms with Crippen LogP contribution in [0.1, 0.15) is 17.5 Å². The van der Waals surface area contributed by atoms with Crippen LogP contribution in [0, 0.1) is 6.92 Å². The summed E-state index contributed by atoms with van der Waals surface area (Å²) in [5.74, 6) is 5.71. The number of hydrazine groups is 1. The molecule has 0 spiro atoms.